The molecule has 1 amide bonds. The Labute approximate surface area is 180 Å². The number of esters is 1. The molecule has 10 nitrogen and oxygen atoms in total. The third-order valence-corrected chi connectivity index (χ3v) is 4.57. The fourth-order valence-corrected chi connectivity index (χ4v) is 2.99. The summed E-state index contributed by atoms with van der Waals surface area (Å²) in [4.78, 5) is 53.0. The van der Waals surface area contributed by atoms with Crippen LogP contribution < -0.4 is 10.9 Å². The highest BCUT2D eigenvalue weighted by Crippen LogP contribution is 2.27. The van der Waals surface area contributed by atoms with Crippen LogP contribution in [0.1, 0.15) is 18.7 Å². The number of amides is 1. The van der Waals surface area contributed by atoms with Gasteiger partial charge in [0.2, 0.25) is 0 Å². The average Bonchev–Trinajstić information content (AvgIpc) is 2.73. The minimum absolute atomic E-state index is 0.0240. The Balaban J connectivity index is 1.45. The van der Waals surface area contributed by atoms with E-state index < -0.39 is 23.4 Å². The molecule has 31 heavy (non-hydrogen) atoms. The molecule has 0 spiro atoms. The minimum atomic E-state index is -0.671. The number of ether oxygens (including phenoxy) is 1. The van der Waals surface area contributed by atoms with Crippen molar-refractivity contribution < 1.29 is 19.2 Å². The molecule has 0 unspecified atom stereocenters. The van der Waals surface area contributed by atoms with E-state index in [9.17, 15) is 24.5 Å². The summed E-state index contributed by atoms with van der Waals surface area (Å²) < 4.78 is 4.91. The molecule has 1 heterocycles. The molecule has 0 aliphatic rings. The Morgan fingerprint density at radius 1 is 1.23 bits per heavy atom. The van der Waals surface area contributed by atoms with Crippen molar-refractivity contribution in [3.05, 3.63) is 73.8 Å². The zero-order valence-electron chi connectivity index (χ0n) is 16.1. The standard InChI is InChI=1S/C20H17ClN4O6/c21-14-9-8-12(10-16(14)25(29)30)22-18(26)11-31-19(27)7-3-6-17-23-15-5-2-1-4-13(15)20(28)24-17/h1-2,4-5,8-10H,3,6-7,11H2,(H,22,26)(H,23,24,28). The lowest BCUT2D eigenvalue weighted by molar-refractivity contribution is -0.384. The number of rotatable bonds is 8. The van der Waals surface area contributed by atoms with Gasteiger partial charge in [-0.05, 0) is 30.7 Å². The van der Waals surface area contributed by atoms with Crippen LogP contribution in [0.2, 0.25) is 5.02 Å². The molecule has 3 aromatic rings. The number of halogens is 1. The SMILES string of the molecule is O=C(COC(=O)CCCc1nc2ccccc2c(=O)[nH]1)Nc1ccc(Cl)c([N+](=O)[O-])c1. The summed E-state index contributed by atoms with van der Waals surface area (Å²) in [7, 11) is 0. The van der Waals surface area contributed by atoms with Crippen LogP contribution in [-0.2, 0) is 20.7 Å². The largest absolute Gasteiger partial charge is 0.456 e. The molecule has 3 rings (SSSR count). The number of carbonyl (C=O) groups is 2. The fourth-order valence-electron chi connectivity index (χ4n) is 2.80. The van der Waals surface area contributed by atoms with E-state index >= 15 is 0 Å². The maximum atomic E-state index is 12.0. The highest BCUT2D eigenvalue weighted by Gasteiger charge is 2.15. The number of carbonyl (C=O) groups excluding carboxylic acids is 2. The summed E-state index contributed by atoms with van der Waals surface area (Å²) in [5.41, 5.74) is 0.130. The first-order chi connectivity index (χ1) is 14.8. The summed E-state index contributed by atoms with van der Waals surface area (Å²) in [5, 5.41) is 13.7. The normalized spacial score (nSPS) is 10.6. The summed E-state index contributed by atoms with van der Waals surface area (Å²) in [5.74, 6) is -0.788. The average molecular weight is 445 g/mol. The Morgan fingerprint density at radius 3 is 2.77 bits per heavy atom. The minimum Gasteiger partial charge on any atom is -0.456 e. The lowest BCUT2D eigenvalue weighted by Gasteiger charge is -2.07. The fraction of sp³-hybridized carbons (Fsp3) is 0.200. The number of nitrogens with zero attached hydrogens (tertiary/aromatic N) is 2. The van der Waals surface area contributed by atoms with Gasteiger partial charge in [-0.2, -0.15) is 0 Å². The van der Waals surface area contributed by atoms with Crippen LogP contribution in [0.5, 0.6) is 0 Å². The third kappa shape index (κ3) is 5.86. The van der Waals surface area contributed by atoms with Crippen LogP contribution in [0.15, 0.2) is 47.3 Å². The van der Waals surface area contributed by atoms with Gasteiger partial charge in [-0.15, -0.1) is 0 Å². The molecular formula is C20H17ClN4O6. The van der Waals surface area contributed by atoms with Crippen LogP contribution in [0, 0.1) is 10.1 Å². The summed E-state index contributed by atoms with van der Waals surface area (Å²) in [6, 6.07) is 10.7. The number of para-hydroxylation sites is 1. The van der Waals surface area contributed by atoms with Crippen LogP contribution in [0.4, 0.5) is 11.4 Å². The van der Waals surface area contributed by atoms with Crippen LogP contribution in [0.3, 0.4) is 0 Å². The zero-order chi connectivity index (χ0) is 22.4. The first-order valence-electron chi connectivity index (χ1n) is 9.21. The molecule has 11 heteroatoms. The van der Waals surface area contributed by atoms with Gasteiger partial charge in [-0.1, -0.05) is 23.7 Å². The molecular weight excluding hydrogens is 428 g/mol. The Kier molecular flexibility index (Phi) is 6.93. The Morgan fingerprint density at radius 2 is 2.00 bits per heavy atom. The second kappa shape index (κ2) is 9.81. The number of nitro groups is 1. The topological polar surface area (TPSA) is 144 Å². The predicted octanol–water partition coefficient (Wildman–Crippen LogP) is 2.99. The number of nitro benzene ring substituents is 1. The van der Waals surface area contributed by atoms with Crippen LogP contribution >= 0.6 is 11.6 Å². The molecule has 0 aliphatic heterocycles. The van der Waals surface area contributed by atoms with Crippen LogP contribution in [-0.4, -0.2) is 33.4 Å². The van der Waals surface area contributed by atoms with E-state index in [1.807, 2.05) is 0 Å². The van der Waals surface area contributed by atoms with Gasteiger partial charge in [0.15, 0.2) is 6.61 Å². The first kappa shape index (κ1) is 21.9. The van der Waals surface area contributed by atoms with Gasteiger partial charge in [0.25, 0.3) is 17.2 Å². The Hall–Kier alpha value is -3.79. The van der Waals surface area contributed by atoms with E-state index in [1.54, 1.807) is 24.3 Å². The summed E-state index contributed by atoms with van der Waals surface area (Å²) in [6.45, 7) is -0.541. The maximum absolute atomic E-state index is 12.0. The second-order valence-corrected chi connectivity index (χ2v) is 6.92. The lowest BCUT2D eigenvalue weighted by Crippen LogP contribution is -2.21. The lowest BCUT2D eigenvalue weighted by atomic mass is 10.2. The number of nitrogens with one attached hydrogen (secondary N) is 2. The van der Waals surface area contributed by atoms with E-state index in [2.05, 4.69) is 15.3 Å². The number of benzene rings is 2. The Bertz CT molecular complexity index is 1210. The highest BCUT2D eigenvalue weighted by atomic mass is 35.5. The quantitative estimate of drug-likeness (QED) is 0.308. The van der Waals surface area contributed by atoms with Crippen molar-refractivity contribution in [3.63, 3.8) is 0 Å². The van der Waals surface area contributed by atoms with Gasteiger partial charge in [0, 0.05) is 24.6 Å². The number of H-pyrrole nitrogens is 1. The van der Waals surface area contributed by atoms with E-state index in [-0.39, 0.29) is 28.4 Å². The van der Waals surface area contributed by atoms with Crippen molar-refractivity contribution in [2.45, 2.75) is 19.3 Å². The van der Waals surface area contributed by atoms with Crippen molar-refractivity contribution in [2.75, 3.05) is 11.9 Å². The van der Waals surface area contributed by atoms with Crippen molar-refractivity contribution in [1.82, 2.24) is 9.97 Å². The second-order valence-electron chi connectivity index (χ2n) is 6.52. The molecule has 1 aromatic heterocycles. The molecule has 0 bridgehead atoms. The van der Waals surface area contributed by atoms with Gasteiger partial charge in [-0.3, -0.25) is 24.5 Å². The monoisotopic (exact) mass is 444 g/mol. The van der Waals surface area contributed by atoms with Gasteiger partial charge in [-0.25, -0.2) is 4.98 Å². The number of aromatic amines is 1. The molecule has 0 saturated heterocycles. The number of anilines is 1. The molecule has 0 fully saturated rings. The van der Waals surface area contributed by atoms with E-state index in [0.717, 1.165) is 6.07 Å². The molecule has 160 valence electrons. The van der Waals surface area contributed by atoms with E-state index in [0.29, 0.717) is 29.6 Å². The summed E-state index contributed by atoms with van der Waals surface area (Å²) >= 11 is 5.71. The number of aryl methyl sites for hydroxylation is 1. The summed E-state index contributed by atoms with van der Waals surface area (Å²) in [6.07, 6.45) is 0.747. The molecule has 0 aliphatic carbocycles. The molecule has 0 saturated carbocycles. The number of hydrogen-bond acceptors (Lipinski definition) is 7. The van der Waals surface area contributed by atoms with Gasteiger partial charge in [0.05, 0.1) is 15.8 Å². The molecule has 0 atom stereocenters. The number of fused-ring (bicyclic) bond motifs is 1. The third-order valence-electron chi connectivity index (χ3n) is 4.25. The van der Waals surface area contributed by atoms with E-state index in [1.165, 1.54) is 12.1 Å². The van der Waals surface area contributed by atoms with Crippen molar-refractivity contribution in [1.29, 1.82) is 0 Å². The molecule has 0 radical (unpaired) electrons. The van der Waals surface area contributed by atoms with Gasteiger partial charge in [0.1, 0.15) is 10.8 Å². The van der Waals surface area contributed by atoms with Crippen LogP contribution in [0.25, 0.3) is 10.9 Å². The van der Waals surface area contributed by atoms with Crippen molar-refractivity contribution in [3.8, 4) is 0 Å². The van der Waals surface area contributed by atoms with Gasteiger partial charge < -0.3 is 15.0 Å². The predicted molar refractivity (Wildman–Crippen MR) is 113 cm³/mol. The maximum Gasteiger partial charge on any atom is 0.306 e. The van der Waals surface area contributed by atoms with E-state index in [4.69, 9.17) is 16.3 Å². The zero-order valence-corrected chi connectivity index (χ0v) is 16.8. The molecule has 2 N–H and O–H groups in total. The highest BCUT2D eigenvalue weighted by molar-refractivity contribution is 6.32. The number of aromatic nitrogens is 2. The first-order valence-corrected chi connectivity index (χ1v) is 9.58. The smallest absolute Gasteiger partial charge is 0.306 e. The van der Waals surface area contributed by atoms with Crippen molar-refractivity contribution in [2.24, 2.45) is 0 Å². The molecule has 2 aromatic carbocycles. The van der Waals surface area contributed by atoms with Gasteiger partial charge >= 0.3 is 5.97 Å². The van der Waals surface area contributed by atoms with Crippen molar-refractivity contribution >= 4 is 45.8 Å². The number of hydrogen-bond donors (Lipinski definition) is 2.